The lowest BCUT2D eigenvalue weighted by Gasteiger charge is -2.04. The van der Waals surface area contributed by atoms with Crippen LogP contribution in [-0.2, 0) is 23.6 Å². The van der Waals surface area contributed by atoms with E-state index in [0.717, 1.165) is 0 Å². The molecule has 10 heteroatoms. The Morgan fingerprint density at radius 1 is 1.36 bits per heavy atom. The fourth-order valence-electron chi connectivity index (χ4n) is 1.93. The van der Waals surface area contributed by atoms with E-state index in [1.165, 1.54) is 29.8 Å². The molecule has 0 radical (unpaired) electrons. The van der Waals surface area contributed by atoms with E-state index in [4.69, 9.17) is 8.94 Å². The Kier molecular flexibility index (Phi) is 3.34. The van der Waals surface area contributed by atoms with E-state index in [0.29, 0.717) is 16.9 Å². The number of aromatic nitrogens is 3. The molecule has 0 aliphatic rings. The summed E-state index contributed by atoms with van der Waals surface area (Å²) >= 11 is 0. The van der Waals surface area contributed by atoms with Crippen LogP contribution in [0.25, 0.3) is 11.1 Å². The summed E-state index contributed by atoms with van der Waals surface area (Å²) in [7, 11) is -2.28. The number of rotatable bonds is 4. The normalized spacial score (nSPS) is 12.1. The zero-order chi connectivity index (χ0) is 15.9. The van der Waals surface area contributed by atoms with Crippen LogP contribution in [0.1, 0.15) is 11.7 Å². The molecule has 9 nitrogen and oxygen atoms in total. The molecular weight excluding hydrogens is 312 g/mol. The van der Waals surface area contributed by atoms with Gasteiger partial charge in [0.15, 0.2) is 11.4 Å². The van der Waals surface area contributed by atoms with Crippen molar-refractivity contribution in [1.82, 2.24) is 19.4 Å². The maximum absolute atomic E-state index is 12.3. The third kappa shape index (κ3) is 2.53. The van der Waals surface area contributed by atoms with Crippen molar-refractivity contribution in [3.8, 4) is 0 Å². The van der Waals surface area contributed by atoms with Gasteiger partial charge in [0, 0.05) is 7.05 Å². The topological polar surface area (TPSA) is 120 Å². The lowest BCUT2D eigenvalue weighted by molar-refractivity contribution is 0.372. The van der Waals surface area contributed by atoms with Crippen molar-refractivity contribution in [3.05, 3.63) is 40.5 Å². The van der Waals surface area contributed by atoms with Crippen LogP contribution < -0.4 is 10.5 Å². The zero-order valence-corrected chi connectivity index (χ0v) is 12.5. The van der Waals surface area contributed by atoms with Gasteiger partial charge in [0.25, 0.3) is 0 Å². The Balaban J connectivity index is 1.91. The van der Waals surface area contributed by atoms with Crippen molar-refractivity contribution >= 4 is 21.1 Å². The van der Waals surface area contributed by atoms with E-state index in [1.807, 2.05) is 0 Å². The van der Waals surface area contributed by atoms with Gasteiger partial charge < -0.3 is 8.94 Å². The van der Waals surface area contributed by atoms with Crippen LogP contribution in [0.4, 0.5) is 0 Å². The largest absolute Gasteiger partial charge is 0.419 e. The Labute approximate surface area is 124 Å². The van der Waals surface area contributed by atoms with Crippen LogP contribution in [0.5, 0.6) is 0 Å². The molecule has 0 saturated carbocycles. The van der Waals surface area contributed by atoms with Gasteiger partial charge in [-0.25, -0.2) is 17.9 Å². The first-order valence-corrected chi connectivity index (χ1v) is 7.73. The minimum absolute atomic E-state index is 0.00707. The third-order valence-corrected chi connectivity index (χ3v) is 4.46. The molecule has 3 rings (SSSR count). The number of nitrogens with zero attached hydrogens (tertiary/aromatic N) is 3. The van der Waals surface area contributed by atoms with Crippen molar-refractivity contribution in [2.24, 2.45) is 7.05 Å². The Morgan fingerprint density at radius 3 is 2.82 bits per heavy atom. The third-order valence-electron chi connectivity index (χ3n) is 3.06. The van der Waals surface area contributed by atoms with E-state index < -0.39 is 15.8 Å². The van der Waals surface area contributed by atoms with E-state index in [2.05, 4.69) is 14.9 Å². The van der Waals surface area contributed by atoms with E-state index in [9.17, 15) is 13.2 Å². The van der Waals surface area contributed by atoms with Gasteiger partial charge in [-0.05, 0) is 25.1 Å². The summed E-state index contributed by atoms with van der Waals surface area (Å²) in [5.74, 6) is 0.0284. The first-order chi connectivity index (χ1) is 10.4. The molecule has 0 aliphatic heterocycles. The number of benzene rings is 1. The van der Waals surface area contributed by atoms with Crippen LogP contribution in [-0.4, -0.2) is 23.1 Å². The van der Waals surface area contributed by atoms with Gasteiger partial charge in [-0.1, -0.05) is 5.16 Å². The molecule has 2 heterocycles. The Morgan fingerprint density at radius 2 is 2.14 bits per heavy atom. The second kappa shape index (κ2) is 5.07. The predicted octanol–water partition coefficient (Wildman–Crippen LogP) is 0.301. The van der Waals surface area contributed by atoms with Crippen molar-refractivity contribution < 1.29 is 17.4 Å². The van der Waals surface area contributed by atoms with Crippen molar-refractivity contribution in [2.45, 2.75) is 18.4 Å². The van der Waals surface area contributed by atoms with Crippen LogP contribution in [0, 0.1) is 6.92 Å². The summed E-state index contributed by atoms with van der Waals surface area (Å²) < 4.78 is 37.9. The van der Waals surface area contributed by atoms with Gasteiger partial charge in [0.2, 0.25) is 15.9 Å². The molecule has 116 valence electrons. The van der Waals surface area contributed by atoms with Gasteiger partial charge in [-0.2, -0.15) is 4.98 Å². The van der Waals surface area contributed by atoms with E-state index >= 15 is 0 Å². The van der Waals surface area contributed by atoms with E-state index in [-0.39, 0.29) is 17.3 Å². The Bertz CT molecular complexity index is 998. The highest BCUT2D eigenvalue weighted by molar-refractivity contribution is 7.89. The molecule has 0 fully saturated rings. The molecule has 0 aliphatic carbocycles. The van der Waals surface area contributed by atoms with Gasteiger partial charge in [0.05, 0.1) is 17.0 Å². The number of hydrogen-bond donors (Lipinski definition) is 1. The number of nitrogens with one attached hydrogen (secondary N) is 1. The quantitative estimate of drug-likeness (QED) is 0.732. The maximum Gasteiger partial charge on any atom is 0.419 e. The molecule has 22 heavy (non-hydrogen) atoms. The van der Waals surface area contributed by atoms with Gasteiger partial charge in [-0.3, -0.25) is 4.57 Å². The lowest BCUT2D eigenvalue weighted by Crippen LogP contribution is -2.23. The highest BCUT2D eigenvalue weighted by Gasteiger charge is 2.18. The second-order valence-electron chi connectivity index (χ2n) is 4.62. The smallest absolute Gasteiger partial charge is 0.408 e. The van der Waals surface area contributed by atoms with Crippen LogP contribution in [0.3, 0.4) is 0 Å². The highest BCUT2D eigenvalue weighted by Crippen LogP contribution is 2.18. The standard InChI is InChI=1S/C12H12N4O5S/c1-7-14-11(21-15-7)6-13-22(18,19)8-3-4-10-9(5-8)16(2)12(17)20-10/h3-5,13H,6H2,1-2H3. The first-order valence-electron chi connectivity index (χ1n) is 6.25. The average molecular weight is 324 g/mol. The summed E-state index contributed by atoms with van der Waals surface area (Å²) in [4.78, 5) is 15.3. The summed E-state index contributed by atoms with van der Waals surface area (Å²) in [6, 6.07) is 4.15. The summed E-state index contributed by atoms with van der Waals surface area (Å²) in [5, 5.41) is 3.57. The molecule has 0 unspecified atom stereocenters. The molecule has 0 bridgehead atoms. The van der Waals surface area contributed by atoms with Crippen molar-refractivity contribution in [2.75, 3.05) is 0 Å². The minimum Gasteiger partial charge on any atom is -0.408 e. The number of oxazole rings is 1. The van der Waals surface area contributed by atoms with Crippen LogP contribution in [0.2, 0.25) is 0 Å². The number of hydrogen-bond acceptors (Lipinski definition) is 7. The van der Waals surface area contributed by atoms with E-state index in [1.54, 1.807) is 6.92 Å². The second-order valence-corrected chi connectivity index (χ2v) is 6.38. The highest BCUT2D eigenvalue weighted by atomic mass is 32.2. The number of aryl methyl sites for hydroxylation is 2. The summed E-state index contributed by atoms with van der Waals surface area (Å²) in [6.45, 7) is 1.51. The molecule has 0 saturated heterocycles. The number of fused-ring (bicyclic) bond motifs is 1. The molecule has 0 spiro atoms. The molecule has 0 amide bonds. The Hall–Kier alpha value is -2.46. The average Bonchev–Trinajstić information content (AvgIpc) is 3.01. The van der Waals surface area contributed by atoms with Gasteiger partial charge in [0.1, 0.15) is 0 Å². The SMILES string of the molecule is Cc1noc(CNS(=O)(=O)c2ccc3oc(=O)n(C)c3c2)n1. The molecule has 1 N–H and O–H groups in total. The summed E-state index contributed by atoms with van der Waals surface area (Å²) in [5.41, 5.74) is 0.709. The number of sulfonamides is 1. The molecule has 0 atom stereocenters. The van der Waals surface area contributed by atoms with Gasteiger partial charge in [-0.15, -0.1) is 0 Å². The van der Waals surface area contributed by atoms with Crippen LogP contribution in [0.15, 0.2) is 36.8 Å². The molecular formula is C12H12N4O5S. The minimum atomic E-state index is -3.78. The monoisotopic (exact) mass is 324 g/mol. The maximum atomic E-state index is 12.3. The summed E-state index contributed by atoms with van der Waals surface area (Å²) in [6.07, 6.45) is 0. The fourth-order valence-corrected chi connectivity index (χ4v) is 2.92. The molecule has 3 aromatic rings. The molecule has 2 aromatic heterocycles. The van der Waals surface area contributed by atoms with Crippen LogP contribution >= 0.6 is 0 Å². The fraction of sp³-hybridized carbons (Fsp3) is 0.250. The first kappa shape index (κ1) is 14.5. The van der Waals surface area contributed by atoms with Gasteiger partial charge >= 0.3 is 5.76 Å². The zero-order valence-electron chi connectivity index (χ0n) is 11.7. The van der Waals surface area contributed by atoms with Crippen molar-refractivity contribution in [3.63, 3.8) is 0 Å². The molecule has 1 aromatic carbocycles. The predicted molar refractivity (Wildman–Crippen MR) is 74.5 cm³/mol. The van der Waals surface area contributed by atoms with Crippen molar-refractivity contribution in [1.29, 1.82) is 0 Å². The lowest BCUT2D eigenvalue weighted by atomic mass is 10.3.